The van der Waals surface area contributed by atoms with Crippen molar-refractivity contribution in [1.82, 2.24) is 5.32 Å². The molecule has 0 aliphatic carbocycles. The van der Waals surface area contributed by atoms with E-state index in [4.69, 9.17) is 21.6 Å². The van der Waals surface area contributed by atoms with Gasteiger partial charge in [0.1, 0.15) is 16.4 Å². The topological polar surface area (TPSA) is 112 Å². The van der Waals surface area contributed by atoms with E-state index in [1.165, 1.54) is 12.1 Å². The number of amidine groups is 1. The third-order valence-corrected chi connectivity index (χ3v) is 4.55. The predicted octanol–water partition coefficient (Wildman–Crippen LogP) is 3.80. The third kappa shape index (κ3) is 5.37. The molecule has 0 aliphatic rings. The largest absolute Gasteiger partial charge is 0.457 e. The Kier molecular flexibility index (Phi) is 6.27. The van der Waals surface area contributed by atoms with Crippen LogP contribution in [0.5, 0.6) is 11.5 Å². The smallest absolute Gasteiger partial charge is 0.296 e. The number of benzene rings is 2. The van der Waals surface area contributed by atoms with Gasteiger partial charge in [-0.3, -0.25) is 9.87 Å². The third-order valence-electron chi connectivity index (χ3n) is 2.84. The van der Waals surface area contributed by atoms with Gasteiger partial charge >= 0.3 is 0 Å². The summed E-state index contributed by atoms with van der Waals surface area (Å²) in [5.74, 6) is 0.630. The Bertz CT molecular complexity index is 938. The summed E-state index contributed by atoms with van der Waals surface area (Å²) < 4.78 is 38.3. The van der Waals surface area contributed by atoms with E-state index in [-0.39, 0.29) is 16.6 Å². The lowest BCUT2D eigenvalue weighted by Gasteiger charge is -2.09. The Morgan fingerprint density at radius 1 is 1.28 bits per heavy atom. The highest BCUT2D eigenvalue weighted by Gasteiger charge is 2.17. The molecule has 0 radical (unpaired) electrons. The van der Waals surface area contributed by atoms with Gasteiger partial charge in [0.15, 0.2) is 11.4 Å². The van der Waals surface area contributed by atoms with E-state index in [2.05, 4.69) is 10.3 Å². The number of nitrogens with one attached hydrogen (secondary N) is 1. The highest BCUT2D eigenvalue weighted by molar-refractivity contribution is 8.13. The highest BCUT2D eigenvalue weighted by Crippen LogP contribution is 2.32. The fourth-order valence-corrected chi connectivity index (χ4v) is 2.88. The van der Waals surface area contributed by atoms with Crippen LogP contribution in [0.1, 0.15) is 0 Å². The maximum absolute atomic E-state index is 11.7. The molecule has 0 bridgehead atoms. The normalized spacial score (nSPS) is 11.7. The van der Waals surface area contributed by atoms with E-state index >= 15 is 0 Å². The molecular formula is C15H12ClN3O4S2. The first-order valence-electron chi connectivity index (χ1n) is 6.66. The van der Waals surface area contributed by atoms with Crippen LogP contribution >= 0.6 is 23.4 Å². The van der Waals surface area contributed by atoms with Crippen molar-refractivity contribution in [3.8, 4) is 17.7 Å². The van der Waals surface area contributed by atoms with Gasteiger partial charge in [-0.15, -0.1) is 0 Å². The van der Waals surface area contributed by atoms with Crippen LogP contribution in [0.3, 0.4) is 0 Å². The SMILES string of the molecule is CSC(=Nc1ccc(Oc2ccc(Cl)cc2)cc1S(=O)(=O)O)NC#N. The molecule has 2 aromatic carbocycles. The quantitative estimate of drug-likeness (QED) is 0.265. The van der Waals surface area contributed by atoms with Crippen molar-refractivity contribution in [3.05, 3.63) is 47.5 Å². The number of nitriles is 1. The van der Waals surface area contributed by atoms with Crippen LogP contribution in [0.2, 0.25) is 5.02 Å². The Morgan fingerprint density at radius 3 is 2.48 bits per heavy atom. The van der Waals surface area contributed by atoms with E-state index in [1.54, 1.807) is 36.7 Å². The maximum Gasteiger partial charge on any atom is 0.296 e. The summed E-state index contributed by atoms with van der Waals surface area (Å²) in [7, 11) is -4.55. The molecule has 10 heteroatoms. The van der Waals surface area contributed by atoms with Gasteiger partial charge in [0.05, 0.1) is 5.69 Å². The molecule has 25 heavy (non-hydrogen) atoms. The van der Waals surface area contributed by atoms with Crippen LogP contribution < -0.4 is 10.1 Å². The summed E-state index contributed by atoms with van der Waals surface area (Å²) in [5.41, 5.74) is -0.0296. The molecule has 0 atom stereocenters. The molecular weight excluding hydrogens is 386 g/mol. The van der Waals surface area contributed by atoms with Crippen molar-refractivity contribution in [2.75, 3.05) is 6.26 Å². The minimum atomic E-state index is -4.55. The molecule has 0 amide bonds. The van der Waals surface area contributed by atoms with Gasteiger partial charge in [-0.1, -0.05) is 23.4 Å². The zero-order chi connectivity index (χ0) is 18.4. The lowest BCUT2D eigenvalue weighted by atomic mass is 10.3. The van der Waals surface area contributed by atoms with Gasteiger partial charge < -0.3 is 4.74 Å². The number of ether oxygens (including phenoxy) is 1. The molecule has 0 saturated heterocycles. The van der Waals surface area contributed by atoms with Crippen LogP contribution in [-0.4, -0.2) is 24.4 Å². The molecule has 2 aromatic rings. The summed E-state index contributed by atoms with van der Waals surface area (Å²) in [4.78, 5) is 3.59. The molecule has 0 fully saturated rings. The van der Waals surface area contributed by atoms with Gasteiger partial charge in [-0.2, -0.15) is 13.7 Å². The van der Waals surface area contributed by atoms with Crippen molar-refractivity contribution in [3.63, 3.8) is 0 Å². The first-order valence-corrected chi connectivity index (χ1v) is 9.70. The summed E-state index contributed by atoms with van der Waals surface area (Å²) in [6.45, 7) is 0. The monoisotopic (exact) mass is 397 g/mol. The number of hydrogen-bond donors (Lipinski definition) is 2. The van der Waals surface area contributed by atoms with Crippen LogP contribution in [0, 0.1) is 11.5 Å². The van der Waals surface area contributed by atoms with Crippen LogP contribution in [0.15, 0.2) is 52.4 Å². The van der Waals surface area contributed by atoms with Crippen molar-refractivity contribution in [2.45, 2.75) is 4.90 Å². The second-order valence-corrected chi connectivity index (χ2v) is 7.14. The average molecular weight is 398 g/mol. The Hall–Kier alpha value is -2.25. The summed E-state index contributed by atoms with van der Waals surface area (Å²) in [5, 5.41) is 11.7. The number of hydrogen-bond acceptors (Lipinski definition) is 6. The van der Waals surface area contributed by atoms with Crippen molar-refractivity contribution >= 4 is 44.3 Å². The summed E-state index contributed by atoms with van der Waals surface area (Å²) >= 11 is 6.91. The fraction of sp³-hybridized carbons (Fsp3) is 0.0667. The highest BCUT2D eigenvalue weighted by atomic mass is 35.5. The Labute approximate surface area is 154 Å². The zero-order valence-electron chi connectivity index (χ0n) is 12.8. The van der Waals surface area contributed by atoms with Crippen LogP contribution in [0.25, 0.3) is 0 Å². The first kappa shape index (κ1) is 19.1. The van der Waals surface area contributed by atoms with E-state index in [1.807, 2.05) is 0 Å². The van der Waals surface area contributed by atoms with Crippen molar-refractivity contribution in [2.24, 2.45) is 4.99 Å². The van der Waals surface area contributed by atoms with E-state index in [9.17, 15) is 13.0 Å². The molecule has 0 heterocycles. The molecule has 0 unspecified atom stereocenters. The van der Waals surface area contributed by atoms with Gasteiger partial charge in [0.25, 0.3) is 10.1 Å². The van der Waals surface area contributed by atoms with Gasteiger partial charge in [-0.25, -0.2) is 4.99 Å². The second kappa shape index (κ2) is 8.22. The van der Waals surface area contributed by atoms with E-state index in [0.29, 0.717) is 10.8 Å². The molecule has 0 aromatic heterocycles. The van der Waals surface area contributed by atoms with Crippen molar-refractivity contribution in [1.29, 1.82) is 5.26 Å². The Morgan fingerprint density at radius 2 is 1.92 bits per heavy atom. The van der Waals surface area contributed by atoms with E-state index < -0.39 is 15.0 Å². The van der Waals surface area contributed by atoms with Crippen LogP contribution in [0.4, 0.5) is 5.69 Å². The molecule has 0 aliphatic heterocycles. The number of nitrogens with zero attached hydrogens (tertiary/aromatic N) is 2. The number of halogens is 1. The molecule has 2 N–H and O–H groups in total. The predicted molar refractivity (Wildman–Crippen MR) is 97.1 cm³/mol. The molecule has 0 saturated carbocycles. The minimum absolute atomic E-state index is 0.0296. The number of thioether (sulfide) groups is 1. The van der Waals surface area contributed by atoms with Gasteiger partial charge in [0.2, 0.25) is 0 Å². The molecule has 2 rings (SSSR count). The Balaban J connectivity index is 2.44. The van der Waals surface area contributed by atoms with Gasteiger partial charge in [-0.05, 0) is 42.7 Å². The number of aliphatic imine (C=N–C) groups is 1. The van der Waals surface area contributed by atoms with Crippen molar-refractivity contribution < 1.29 is 17.7 Å². The zero-order valence-corrected chi connectivity index (χ0v) is 15.2. The average Bonchev–Trinajstić information content (AvgIpc) is 2.56. The van der Waals surface area contributed by atoms with Gasteiger partial charge in [0, 0.05) is 11.1 Å². The first-order chi connectivity index (χ1) is 11.8. The number of rotatable bonds is 4. The van der Waals surface area contributed by atoms with E-state index in [0.717, 1.165) is 17.8 Å². The van der Waals surface area contributed by atoms with Crippen LogP contribution in [-0.2, 0) is 10.1 Å². The summed E-state index contributed by atoms with van der Waals surface area (Å²) in [6, 6.07) is 10.5. The fourth-order valence-electron chi connectivity index (χ4n) is 1.78. The molecule has 0 spiro atoms. The summed E-state index contributed by atoms with van der Waals surface area (Å²) in [6.07, 6.45) is 3.36. The second-order valence-electron chi connectivity index (χ2n) is 4.52. The lowest BCUT2D eigenvalue weighted by Crippen LogP contribution is -2.12. The molecule has 7 nitrogen and oxygen atoms in total. The maximum atomic E-state index is 11.7. The standard InChI is InChI=1S/C15H12ClN3O4S2/c1-24-15(18-9-17)19-13-7-6-12(8-14(13)25(20,21)22)23-11-4-2-10(16)3-5-11/h2-8H,1H3,(H,18,19)(H,20,21,22). The minimum Gasteiger partial charge on any atom is -0.457 e. The lowest BCUT2D eigenvalue weighted by molar-refractivity contribution is 0.472. The molecule has 130 valence electrons.